The molecule has 3 rings (SSSR count). The van der Waals surface area contributed by atoms with Gasteiger partial charge in [0.2, 0.25) is 0 Å². The Morgan fingerprint density at radius 3 is 2.74 bits per heavy atom. The van der Waals surface area contributed by atoms with Gasteiger partial charge in [-0.15, -0.1) is 0 Å². The number of hydrogen-bond donors (Lipinski definition) is 3. The maximum atomic E-state index is 11.6. The van der Waals surface area contributed by atoms with E-state index in [2.05, 4.69) is 35.9 Å². The molecule has 0 fully saturated rings. The Hall–Kier alpha value is -1.86. The Morgan fingerprint density at radius 1 is 1.16 bits per heavy atom. The third-order valence-electron chi connectivity index (χ3n) is 2.57. The van der Waals surface area contributed by atoms with E-state index in [1.165, 1.54) is 0 Å². The third-order valence-corrected chi connectivity index (χ3v) is 3.40. The van der Waals surface area contributed by atoms with Crippen LogP contribution in [0.1, 0.15) is 0 Å². The first-order valence-corrected chi connectivity index (χ1v) is 6.39. The Balaban J connectivity index is 2.32. The van der Waals surface area contributed by atoms with Crippen LogP contribution in [0, 0.1) is 0 Å². The van der Waals surface area contributed by atoms with Gasteiger partial charge in [0.1, 0.15) is 11.3 Å². The van der Waals surface area contributed by atoms with Crippen molar-refractivity contribution in [2.45, 2.75) is 0 Å². The molecule has 8 heteroatoms. The van der Waals surface area contributed by atoms with Crippen LogP contribution < -0.4 is 11.2 Å². The van der Waals surface area contributed by atoms with Crippen LogP contribution in [-0.4, -0.2) is 19.9 Å². The van der Waals surface area contributed by atoms with Crippen molar-refractivity contribution in [3.63, 3.8) is 0 Å². The third kappa shape index (κ3) is 2.11. The van der Waals surface area contributed by atoms with Gasteiger partial charge in [-0.1, -0.05) is 27.5 Å². The minimum absolute atomic E-state index is 0.194. The van der Waals surface area contributed by atoms with Gasteiger partial charge in [-0.3, -0.25) is 14.8 Å². The van der Waals surface area contributed by atoms with E-state index >= 15 is 0 Å². The summed E-state index contributed by atoms with van der Waals surface area (Å²) in [5, 5.41) is 0.487. The Kier molecular flexibility index (Phi) is 2.79. The molecule has 2 aromatic heterocycles. The fourth-order valence-electron chi connectivity index (χ4n) is 1.74. The molecule has 0 aliphatic heterocycles. The van der Waals surface area contributed by atoms with Crippen molar-refractivity contribution < 1.29 is 0 Å². The number of halogens is 2. The van der Waals surface area contributed by atoms with Crippen molar-refractivity contribution in [2.75, 3.05) is 0 Å². The first-order valence-electron chi connectivity index (χ1n) is 5.22. The zero-order chi connectivity index (χ0) is 13.6. The fourth-order valence-corrected chi connectivity index (χ4v) is 2.31. The number of fused-ring (bicyclic) bond motifs is 1. The average Bonchev–Trinajstić information content (AvgIpc) is 2.76. The fraction of sp³-hybridized carbons (Fsp3) is 0. The molecule has 0 atom stereocenters. The van der Waals surface area contributed by atoms with Gasteiger partial charge >= 0.3 is 5.69 Å². The van der Waals surface area contributed by atoms with E-state index < -0.39 is 11.2 Å². The van der Waals surface area contributed by atoms with Crippen LogP contribution in [-0.2, 0) is 0 Å². The molecule has 19 heavy (non-hydrogen) atoms. The van der Waals surface area contributed by atoms with E-state index in [-0.39, 0.29) is 11.2 Å². The number of hydrogen-bond acceptors (Lipinski definition) is 3. The molecule has 0 saturated carbocycles. The molecule has 3 aromatic rings. The van der Waals surface area contributed by atoms with Crippen LogP contribution in [0.5, 0.6) is 0 Å². The van der Waals surface area contributed by atoms with Gasteiger partial charge in [0.25, 0.3) is 5.56 Å². The molecule has 0 unspecified atom stereocenters. The summed E-state index contributed by atoms with van der Waals surface area (Å²) in [6, 6.07) is 5.27. The predicted octanol–water partition coefficient (Wildman–Crippen LogP) is 2.02. The molecule has 0 bridgehead atoms. The second kappa shape index (κ2) is 4.36. The Morgan fingerprint density at radius 2 is 1.95 bits per heavy atom. The largest absolute Gasteiger partial charge is 0.332 e. The number of rotatable bonds is 1. The number of H-pyrrole nitrogens is 3. The molecular formula is C11H6BrClN4O2. The monoisotopic (exact) mass is 340 g/mol. The smallest absolute Gasteiger partial charge is 0.327 e. The second-order valence-corrected chi connectivity index (χ2v) is 5.16. The molecule has 3 N–H and O–H groups in total. The maximum absolute atomic E-state index is 11.6. The van der Waals surface area contributed by atoms with Crippen molar-refractivity contribution in [2.24, 2.45) is 0 Å². The first kappa shape index (κ1) is 12.2. The van der Waals surface area contributed by atoms with E-state index in [9.17, 15) is 9.59 Å². The average molecular weight is 342 g/mol. The summed E-state index contributed by atoms with van der Waals surface area (Å²) in [4.78, 5) is 34.4. The van der Waals surface area contributed by atoms with Crippen LogP contribution in [0.15, 0.2) is 32.3 Å². The van der Waals surface area contributed by atoms with Gasteiger partial charge in [-0.05, 0) is 18.2 Å². The van der Waals surface area contributed by atoms with Crippen molar-refractivity contribution in [1.29, 1.82) is 0 Å². The van der Waals surface area contributed by atoms with E-state index in [1.807, 2.05) is 0 Å². The molecule has 0 radical (unpaired) electrons. The van der Waals surface area contributed by atoms with E-state index in [1.54, 1.807) is 18.2 Å². The lowest BCUT2D eigenvalue weighted by Crippen LogP contribution is -2.21. The van der Waals surface area contributed by atoms with Crippen LogP contribution in [0.2, 0.25) is 5.02 Å². The van der Waals surface area contributed by atoms with Crippen LogP contribution in [0.3, 0.4) is 0 Å². The van der Waals surface area contributed by atoms with Gasteiger partial charge in [0.15, 0.2) is 5.65 Å². The summed E-state index contributed by atoms with van der Waals surface area (Å²) in [6.07, 6.45) is 0. The number of aromatic amines is 3. The van der Waals surface area contributed by atoms with Gasteiger partial charge < -0.3 is 4.98 Å². The lowest BCUT2D eigenvalue weighted by molar-refractivity contribution is 1.07. The van der Waals surface area contributed by atoms with Gasteiger partial charge in [0, 0.05) is 10.0 Å². The molecular weight excluding hydrogens is 336 g/mol. The standard InChI is InChI=1S/C11H6BrClN4O2/c12-4-1-2-6(13)5(3-4)8-14-7-9(15-8)16-11(19)17-10(7)18/h1-3H,(H3,14,15,16,17,18,19). The SMILES string of the molecule is O=c1[nH]c(=O)c2[nH]c(-c3cc(Br)ccc3Cl)nc2[nH]1. The highest BCUT2D eigenvalue weighted by molar-refractivity contribution is 9.10. The zero-order valence-electron chi connectivity index (χ0n) is 9.25. The number of aromatic nitrogens is 4. The van der Waals surface area contributed by atoms with Crippen LogP contribution in [0.25, 0.3) is 22.6 Å². The van der Waals surface area contributed by atoms with Crippen molar-refractivity contribution >= 4 is 38.7 Å². The highest BCUT2D eigenvalue weighted by Gasteiger charge is 2.12. The van der Waals surface area contributed by atoms with Crippen molar-refractivity contribution in [3.05, 3.63) is 48.5 Å². The van der Waals surface area contributed by atoms with E-state index in [4.69, 9.17) is 11.6 Å². The number of imidazole rings is 1. The molecule has 0 spiro atoms. The lowest BCUT2D eigenvalue weighted by Gasteiger charge is -2.00. The molecule has 0 amide bonds. The quantitative estimate of drug-likeness (QED) is 0.632. The number of benzene rings is 1. The van der Waals surface area contributed by atoms with Crippen molar-refractivity contribution in [3.8, 4) is 11.4 Å². The van der Waals surface area contributed by atoms with Crippen molar-refractivity contribution in [1.82, 2.24) is 19.9 Å². The number of nitrogens with one attached hydrogen (secondary N) is 3. The summed E-state index contributed by atoms with van der Waals surface area (Å²) < 4.78 is 0.828. The minimum Gasteiger partial charge on any atom is -0.332 e. The molecule has 96 valence electrons. The number of nitrogens with zero attached hydrogens (tertiary/aromatic N) is 1. The normalized spacial score (nSPS) is 11.1. The Labute approximate surface area is 119 Å². The highest BCUT2D eigenvalue weighted by Crippen LogP contribution is 2.29. The first-order chi connectivity index (χ1) is 9.04. The second-order valence-electron chi connectivity index (χ2n) is 3.84. The lowest BCUT2D eigenvalue weighted by atomic mass is 10.2. The van der Waals surface area contributed by atoms with Crippen LogP contribution in [0.4, 0.5) is 0 Å². The van der Waals surface area contributed by atoms with Gasteiger partial charge in [-0.25, -0.2) is 9.78 Å². The predicted molar refractivity (Wildman–Crippen MR) is 75.5 cm³/mol. The molecule has 6 nitrogen and oxygen atoms in total. The molecule has 1 aromatic carbocycles. The van der Waals surface area contributed by atoms with Gasteiger partial charge in [0.05, 0.1) is 5.02 Å². The molecule has 0 saturated heterocycles. The minimum atomic E-state index is -0.601. The molecule has 0 aliphatic rings. The van der Waals surface area contributed by atoms with Gasteiger partial charge in [-0.2, -0.15) is 0 Å². The zero-order valence-corrected chi connectivity index (χ0v) is 11.6. The van der Waals surface area contributed by atoms with E-state index in [0.717, 1.165) is 4.47 Å². The molecule has 2 heterocycles. The summed E-state index contributed by atoms with van der Waals surface area (Å²) in [5.74, 6) is 0.411. The summed E-state index contributed by atoms with van der Waals surface area (Å²) in [6.45, 7) is 0. The highest BCUT2D eigenvalue weighted by atomic mass is 79.9. The molecule has 0 aliphatic carbocycles. The Bertz CT molecular complexity index is 896. The summed E-state index contributed by atoms with van der Waals surface area (Å²) in [5.41, 5.74) is -0.0996. The topological polar surface area (TPSA) is 94.4 Å². The van der Waals surface area contributed by atoms with Crippen LogP contribution >= 0.6 is 27.5 Å². The van der Waals surface area contributed by atoms with E-state index in [0.29, 0.717) is 16.4 Å². The summed E-state index contributed by atoms with van der Waals surface area (Å²) >= 11 is 9.43. The summed E-state index contributed by atoms with van der Waals surface area (Å²) in [7, 11) is 0. The maximum Gasteiger partial charge on any atom is 0.327 e.